The lowest BCUT2D eigenvalue weighted by Gasteiger charge is -2.37. The summed E-state index contributed by atoms with van der Waals surface area (Å²) in [7, 11) is 0. The van der Waals surface area contributed by atoms with Crippen LogP contribution in [-0.2, 0) is 0 Å². The third kappa shape index (κ3) is 3.33. The second kappa shape index (κ2) is 8.87. The summed E-state index contributed by atoms with van der Waals surface area (Å²) in [6, 6.07) is 27.8. The van der Waals surface area contributed by atoms with Crippen LogP contribution in [0.2, 0.25) is 5.02 Å². The van der Waals surface area contributed by atoms with Gasteiger partial charge in [-0.25, -0.2) is 0 Å². The second-order valence-corrected chi connectivity index (χ2v) is 11.5. The van der Waals surface area contributed by atoms with Gasteiger partial charge >= 0.3 is 0 Å². The molecule has 7 rings (SSSR count). The lowest BCUT2D eigenvalue weighted by atomic mass is 9.64. The molecule has 190 valence electrons. The maximum absolute atomic E-state index is 14.6. The number of carbonyl (C=O) groups is 3. The molecule has 39 heavy (non-hydrogen) atoms. The van der Waals surface area contributed by atoms with E-state index in [9.17, 15) is 14.4 Å². The van der Waals surface area contributed by atoms with E-state index in [4.69, 9.17) is 11.6 Å². The Morgan fingerprint density at radius 3 is 2.13 bits per heavy atom. The minimum absolute atomic E-state index is 0.141. The first kappa shape index (κ1) is 24.3. The van der Waals surface area contributed by atoms with Crippen LogP contribution in [0.25, 0.3) is 6.08 Å². The van der Waals surface area contributed by atoms with Crippen molar-refractivity contribution in [3.05, 3.63) is 140 Å². The molecule has 1 spiro atoms. The smallest absolute Gasteiger partial charge is 0.185 e. The van der Waals surface area contributed by atoms with E-state index < -0.39 is 23.4 Å². The number of ketones is 3. The van der Waals surface area contributed by atoms with Gasteiger partial charge in [0.05, 0.1) is 6.04 Å². The van der Waals surface area contributed by atoms with Crippen molar-refractivity contribution in [3.63, 3.8) is 0 Å². The molecule has 1 fully saturated rings. The van der Waals surface area contributed by atoms with Gasteiger partial charge in [0.1, 0.15) is 11.5 Å². The summed E-state index contributed by atoms with van der Waals surface area (Å²) in [5.74, 6) is -1.35. The summed E-state index contributed by atoms with van der Waals surface area (Å²) in [6.07, 6.45) is 3.83. The highest BCUT2D eigenvalue weighted by atomic mass is 79.9. The van der Waals surface area contributed by atoms with Crippen molar-refractivity contribution in [2.75, 3.05) is 4.90 Å². The maximum atomic E-state index is 14.6. The molecule has 0 unspecified atom stereocenters. The van der Waals surface area contributed by atoms with Crippen LogP contribution in [0, 0.1) is 5.41 Å². The average molecular weight is 595 g/mol. The molecule has 3 atom stereocenters. The first-order valence-electron chi connectivity index (χ1n) is 12.7. The first-order valence-corrected chi connectivity index (χ1v) is 13.9. The van der Waals surface area contributed by atoms with Gasteiger partial charge < -0.3 is 4.90 Å². The number of anilines is 1. The van der Waals surface area contributed by atoms with Crippen LogP contribution < -0.4 is 4.90 Å². The first-order chi connectivity index (χ1) is 18.9. The topological polar surface area (TPSA) is 54.5 Å². The Hall–Kier alpha value is -3.80. The third-order valence-electron chi connectivity index (χ3n) is 8.32. The Kier molecular flexibility index (Phi) is 5.51. The number of hydrogen-bond donors (Lipinski definition) is 0. The van der Waals surface area contributed by atoms with Gasteiger partial charge in [0.15, 0.2) is 17.3 Å². The fourth-order valence-electron chi connectivity index (χ4n) is 6.76. The molecule has 2 heterocycles. The number of hydrogen-bond acceptors (Lipinski definition) is 4. The SMILES string of the molecule is O=C(c1ccccc1)[C@@H]1[C@@H](c2ccc(Br)cc2)C2(C(=O)c3ccccc3C2=O)[C@H]2C=Cc3cc(Cl)ccc3N12. The van der Waals surface area contributed by atoms with E-state index in [0.29, 0.717) is 21.7 Å². The quantitative estimate of drug-likeness (QED) is 0.183. The summed E-state index contributed by atoms with van der Waals surface area (Å²) in [4.78, 5) is 45.7. The summed E-state index contributed by atoms with van der Waals surface area (Å²) in [5.41, 5.74) is 2.21. The molecule has 4 nitrogen and oxygen atoms in total. The number of rotatable bonds is 3. The van der Waals surface area contributed by atoms with Gasteiger partial charge in [0, 0.05) is 37.8 Å². The van der Waals surface area contributed by atoms with Gasteiger partial charge in [-0.15, -0.1) is 0 Å². The van der Waals surface area contributed by atoms with E-state index in [0.717, 1.165) is 21.3 Å². The average Bonchev–Trinajstić information content (AvgIpc) is 3.39. The number of fused-ring (bicyclic) bond motifs is 5. The maximum Gasteiger partial charge on any atom is 0.185 e. The Bertz CT molecular complexity index is 1680. The highest BCUT2D eigenvalue weighted by Crippen LogP contribution is 2.61. The lowest BCUT2D eigenvalue weighted by molar-refractivity contribution is 0.0666. The van der Waals surface area contributed by atoms with Crippen LogP contribution in [-0.4, -0.2) is 29.4 Å². The second-order valence-electron chi connectivity index (χ2n) is 10.2. The molecule has 6 heteroatoms. The normalized spacial score (nSPS) is 22.1. The number of carbonyl (C=O) groups excluding carboxylic acids is 3. The Morgan fingerprint density at radius 2 is 1.46 bits per heavy atom. The Labute approximate surface area is 239 Å². The van der Waals surface area contributed by atoms with Gasteiger partial charge in [0.25, 0.3) is 0 Å². The van der Waals surface area contributed by atoms with Crippen LogP contribution in [0.3, 0.4) is 0 Å². The van der Waals surface area contributed by atoms with Crippen molar-refractivity contribution >= 4 is 56.6 Å². The van der Waals surface area contributed by atoms with E-state index >= 15 is 0 Å². The molecule has 0 N–H and O–H groups in total. The van der Waals surface area contributed by atoms with E-state index in [1.165, 1.54) is 0 Å². The number of Topliss-reactive ketones (excluding diaryl/α,β-unsaturated/α-hetero) is 3. The number of halogens is 2. The molecule has 0 bridgehead atoms. The van der Waals surface area contributed by atoms with Gasteiger partial charge in [-0.3, -0.25) is 14.4 Å². The molecule has 0 saturated carbocycles. The van der Waals surface area contributed by atoms with E-state index in [-0.39, 0.29) is 17.3 Å². The van der Waals surface area contributed by atoms with Crippen molar-refractivity contribution in [1.29, 1.82) is 0 Å². The monoisotopic (exact) mass is 593 g/mol. The zero-order valence-electron chi connectivity index (χ0n) is 20.6. The summed E-state index contributed by atoms with van der Waals surface area (Å²) < 4.78 is 0.870. The third-order valence-corrected chi connectivity index (χ3v) is 9.09. The number of benzene rings is 4. The van der Waals surface area contributed by atoms with Gasteiger partial charge in [-0.1, -0.05) is 106 Å². The highest BCUT2D eigenvalue weighted by Gasteiger charge is 2.71. The molecule has 2 aliphatic heterocycles. The molecule has 0 radical (unpaired) electrons. The van der Waals surface area contributed by atoms with Gasteiger partial charge in [-0.05, 0) is 41.5 Å². The van der Waals surface area contributed by atoms with E-state index in [1.54, 1.807) is 42.5 Å². The molecule has 0 aromatic heterocycles. The van der Waals surface area contributed by atoms with Crippen molar-refractivity contribution in [2.45, 2.75) is 18.0 Å². The lowest BCUT2D eigenvalue weighted by Crippen LogP contribution is -2.48. The molecule has 0 amide bonds. The van der Waals surface area contributed by atoms with Crippen molar-refractivity contribution in [1.82, 2.24) is 0 Å². The Morgan fingerprint density at radius 1 is 0.821 bits per heavy atom. The van der Waals surface area contributed by atoms with Crippen molar-refractivity contribution < 1.29 is 14.4 Å². The molecule has 1 aliphatic carbocycles. The van der Waals surface area contributed by atoms with Crippen molar-refractivity contribution in [3.8, 4) is 0 Å². The highest BCUT2D eigenvalue weighted by molar-refractivity contribution is 9.10. The minimum Gasteiger partial charge on any atom is -0.352 e. The Balaban J connectivity index is 1.55. The van der Waals surface area contributed by atoms with Gasteiger partial charge in [-0.2, -0.15) is 0 Å². The van der Waals surface area contributed by atoms with Crippen LogP contribution in [0.5, 0.6) is 0 Å². The molecule has 4 aromatic rings. The van der Waals surface area contributed by atoms with Crippen molar-refractivity contribution in [2.24, 2.45) is 5.41 Å². The zero-order valence-corrected chi connectivity index (χ0v) is 22.9. The van der Waals surface area contributed by atoms with Crippen LogP contribution in [0.1, 0.15) is 48.1 Å². The summed E-state index contributed by atoms with van der Waals surface area (Å²) in [5, 5.41) is 0.571. The molecule has 3 aliphatic rings. The van der Waals surface area contributed by atoms with Crippen LogP contribution in [0.15, 0.2) is 108 Å². The zero-order chi connectivity index (χ0) is 26.9. The van der Waals surface area contributed by atoms with Crippen LogP contribution in [0.4, 0.5) is 5.69 Å². The molecular formula is C33H21BrClNO3. The predicted octanol–water partition coefficient (Wildman–Crippen LogP) is 7.42. The molecule has 1 saturated heterocycles. The summed E-state index contributed by atoms with van der Waals surface area (Å²) in [6.45, 7) is 0. The fraction of sp³-hybridized carbons (Fsp3) is 0.121. The van der Waals surface area contributed by atoms with Gasteiger partial charge in [0.2, 0.25) is 0 Å². The molecular weight excluding hydrogens is 574 g/mol. The predicted molar refractivity (Wildman–Crippen MR) is 156 cm³/mol. The standard InChI is InChI=1S/C33H21BrClNO3/c34-22-13-10-19(11-14-22)28-29(30(37)20-6-2-1-3-7-20)36-26-16-15-23(35)18-21(26)12-17-27(36)33(28)31(38)24-8-4-5-9-25(24)32(33)39/h1-18,27-29H/t27-,28-,29+/m1/s1. The molecule has 4 aromatic carbocycles. The van der Waals surface area contributed by atoms with E-state index in [1.807, 2.05) is 71.6 Å². The minimum atomic E-state index is -1.51. The largest absolute Gasteiger partial charge is 0.352 e. The van der Waals surface area contributed by atoms with E-state index in [2.05, 4.69) is 15.9 Å². The van der Waals surface area contributed by atoms with Crippen LogP contribution >= 0.6 is 27.5 Å². The number of nitrogens with zero attached hydrogens (tertiary/aromatic N) is 1. The summed E-state index contributed by atoms with van der Waals surface area (Å²) >= 11 is 9.86. The fourth-order valence-corrected chi connectivity index (χ4v) is 7.21.